The van der Waals surface area contributed by atoms with Crippen molar-refractivity contribution >= 4 is 16.7 Å². The highest BCUT2D eigenvalue weighted by Crippen LogP contribution is 2.31. The number of hydrogen-bond acceptors (Lipinski definition) is 4. The molecule has 0 fully saturated rings. The molecular weight excluding hydrogens is 222 g/mol. The average molecular weight is 233 g/mol. The first-order valence-corrected chi connectivity index (χ1v) is 4.92. The molecule has 1 heterocycles. The minimum absolute atomic E-state index is 0.0705. The van der Waals surface area contributed by atoms with Crippen molar-refractivity contribution in [2.75, 3.05) is 14.2 Å². The highest BCUT2D eigenvalue weighted by molar-refractivity contribution is 5.97. The number of carbonyl (C=O) groups is 1. The fourth-order valence-corrected chi connectivity index (χ4v) is 1.66. The van der Waals surface area contributed by atoms with E-state index in [1.165, 1.54) is 20.3 Å². The van der Waals surface area contributed by atoms with Crippen LogP contribution in [-0.4, -0.2) is 30.3 Å². The van der Waals surface area contributed by atoms with Crippen LogP contribution < -0.4 is 9.47 Å². The molecule has 0 radical (unpaired) electrons. The molecule has 5 heteroatoms. The number of hydrogen-bond donors (Lipinski definition) is 1. The molecule has 2 aromatic rings. The van der Waals surface area contributed by atoms with E-state index in [0.717, 1.165) is 5.39 Å². The molecule has 2 rings (SSSR count). The molecule has 0 unspecified atom stereocenters. The summed E-state index contributed by atoms with van der Waals surface area (Å²) in [5.41, 5.74) is -0.0705. The number of ether oxygens (including phenoxy) is 2. The summed E-state index contributed by atoms with van der Waals surface area (Å²) in [5, 5.41) is 10.4. The second-order valence-electron chi connectivity index (χ2n) is 3.38. The fraction of sp³-hybridized carbons (Fsp3) is 0.167. The number of aromatic carboxylic acids is 1. The molecule has 0 spiro atoms. The minimum Gasteiger partial charge on any atom is -0.496 e. The summed E-state index contributed by atoms with van der Waals surface area (Å²) in [4.78, 5) is 14.9. The van der Waals surface area contributed by atoms with E-state index in [4.69, 9.17) is 14.6 Å². The first kappa shape index (κ1) is 11.2. The molecule has 17 heavy (non-hydrogen) atoms. The summed E-state index contributed by atoms with van der Waals surface area (Å²) in [6.45, 7) is 0. The van der Waals surface area contributed by atoms with Gasteiger partial charge < -0.3 is 14.6 Å². The van der Waals surface area contributed by atoms with Crippen molar-refractivity contribution in [3.63, 3.8) is 0 Å². The number of carboxylic acid groups (broad SMARTS) is 1. The van der Waals surface area contributed by atoms with Gasteiger partial charge in [-0.15, -0.1) is 0 Å². The van der Waals surface area contributed by atoms with Gasteiger partial charge in [0, 0.05) is 10.8 Å². The Morgan fingerprint density at radius 1 is 1.24 bits per heavy atom. The Bertz CT molecular complexity index is 580. The van der Waals surface area contributed by atoms with Crippen LogP contribution in [0.25, 0.3) is 10.8 Å². The number of rotatable bonds is 3. The lowest BCUT2D eigenvalue weighted by Crippen LogP contribution is -2.02. The number of methoxy groups -OCH3 is 2. The molecule has 0 aliphatic rings. The lowest BCUT2D eigenvalue weighted by Gasteiger charge is -2.09. The van der Waals surface area contributed by atoms with Crippen molar-refractivity contribution in [2.45, 2.75) is 0 Å². The van der Waals surface area contributed by atoms with Gasteiger partial charge in [-0.1, -0.05) is 6.07 Å². The Hall–Kier alpha value is -2.30. The van der Waals surface area contributed by atoms with Gasteiger partial charge in [-0.2, -0.15) is 0 Å². The van der Waals surface area contributed by atoms with Crippen molar-refractivity contribution < 1.29 is 19.4 Å². The average Bonchev–Trinajstić information content (AvgIpc) is 2.36. The molecule has 0 saturated heterocycles. The van der Waals surface area contributed by atoms with Crippen LogP contribution in [0.4, 0.5) is 0 Å². The van der Waals surface area contributed by atoms with E-state index in [1.54, 1.807) is 18.2 Å². The Labute approximate surface area is 97.6 Å². The smallest absolute Gasteiger partial charge is 0.354 e. The first-order chi connectivity index (χ1) is 8.17. The lowest BCUT2D eigenvalue weighted by atomic mass is 10.1. The molecule has 0 amide bonds. The summed E-state index contributed by atoms with van der Waals surface area (Å²) in [6, 6.07) is 6.83. The van der Waals surface area contributed by atoms with Gasteiger partial charge in [0.05, 0.1) is 14.2 Å². The molecule has 1 aromatic carbocycles. The maximum Gasteiger partial charge on any atom is 0.354 e. The van der Waals surface area contributed by atoms with E-state index in [-0.39, 0.29) is 11.6 Å². The minimum atomic E-state index is -1.10. The molecule has 0 atom stereocenters. The number of aromatic nitrogens is 1. The highest BCUT2D eigenvalue weighted by atomic mass is 16.5. The second kappa shape index (κ2) is 4.29. The van der Waals surface area contributed by atoms with Crippen LogP contribution in [0, 0.1) is 0 Å². The van der Waals surface area contributed by atoms with Gasteiger partial charge in [0.1, 0.15) is 5.75 Å². The SMILES string of the molecule is COc1cccc2c(OC)nc(C(=O)O)cc12. The van der Waals surface area contributed by atoms with Crippen molar-refractivity contribution in [3.8, 4) is 11.6 Å². The zero-order valence-corrected chi connectivity index (χ0v) is 9.43. The maximum absolute atomic E-state index is 11.0. The van der Waals surface area contributed by atoms with Gasteiger partial charge in [0.15, 0.2) is 5.69 Å². The summed E-state index contributed by atoms with van der Waals surface area (Å²) in [7, 11) is 2.98. The first-order valence-electron chi connectivity index (χ1n) is 4.92. The second-order valence-corrected chi connectivity index (χ2v) is 3.38. The van der Waals surface area contributed by atoms with E-state index >= 15 is 0 Å². The normalized spacial score (nSPS) is 10.2. The molecule has 1 N–H and O–H groups in total. The Balaban J connectivity index is 2.82. The third-order valence-corrected chi connectivity index (χ3v) is 2.43. The van der Waals surface area contributed by atoms with Gasteiger partial charge in [-0.25, -0.2) is 9.78 Å². The molecule has 0 aliphatic carbocycles. The molecule has 0 bridgehead atoms. The van der Waals surface area contributed by atoms with Crippen molar-refractivity contribution in [1.29, 1.82) is 0 Å². The molecular formula is C12H11NO4. The van der Waals surface area contributed by atoms with Gasteiger partial charge in [0.25, 0.3) is 0 Å². The van der Waals surface area contributed by atoms with Crippen molar-refractivity contribution in [1.82, 2.24) is 4.98 Å². The standard InChI is InChI=1S/C12H11NO4/c1-16-10-5-3-4-7-8(10)6-9(12(14)15)13-11(7)17-2/h3-6H,1-2H3,(H,14,15). The number of fused-ring (bicyclic) bond motifs is 1. The summed E-state index contributed by atoms with van der Waals surface area (Å²) >= 11 is 0. The van der Waals surface area contributed by atoms with Crippen LogP contribution in [0.15, 0.2) is 24.3 Å². The van der Waals surface area contributed by atoms with Crippen molar-refractivity contribution in [3.05, 3.63) is 30.0 Å². The van der Waals surface area contributed by atoms with Crippen LogP contribution in [0.5, 0.6) is 11.6 Å². The predicted molar refractivity (Wildman–Crippen MR) is 61.8 cm³/mol. The number of benzene rings is 1. The van der Waals surface area contributed by atoms with Crippen LogP contribution in [0.3, 0.4) is 0 Å². The third-order valence-electron chi connectivity index (χ3n) is 2.43. The van der Waals surface area contributed by atoms with Gasteiger partial charge in [0.2, 0.25) is 5.88 Å². The van der Waals surface area contributed by atoms with Gasteiger partial charge in [-0.3, -0.25) is 0 Å². The fourth-order valence-electron chi connectivity index (χ4n) is 1.66. The van der Waals surface area contributed by atoms with E-state index in [1.807, 2.05) is 0 Å². The lowest BCUT2D eigenvalue weighted by molar-refractivity contribution is 0.0690. The number of nitrogens with zero attached hydrogens (tertiary/aromatic N) is 1. The summed E-state index contributed by atoms with van der Waals surface area (Å²) < 4.78 is 10.3. The van der Waals surface area contributed by atoms with E-state index < -0.39 is 5.97 Å². The Kier molecular flexibility index (Phi) is 2.82. The highest BCUT2D eigenvalue weighted by Gasteiger charge is 2.13. The van der Waals surface area contributed by atoms with Gasteiger partial charge >= 0.3 is 5.97 Å². The van der Waals surface area contributed by atoms with E-state index in [2.05, 4.69) is 4.98 Å². The van der Waals surface area contributed by atoms with Crippen LogP contribution in [0.1, 0.15) is 10.5 Å². The predicted octanol–water partition coefficient (Wildman–Crippen LogP) is 1.95. The maximum atomic E-state index is 11.0. The van der Waals surface area contributed by atoms with E-state index in [0.29, 0.717) is 11.1 Å². The topological polar surface area (TPSA) is 68.7 Å². The summed E-state index contributed by atoms with van der Waals surface area (Å²) in [6.07, 6.45) is 0. The largest absolute Gasteiger partial charge is 0.496 e. The number of carboxylic acids is 1. The van der Waals surface area contributed by atoms with Crippen LogP contribution in [-0.2, 0) is 0 Å². The molecule has 1 aromatic heterocycles. The van der Waals surface area contributed by atoms with Crippen molar-refractivity contribution in [2.24, 2.45) is 0 Å². The molecule has 88 valence electrons. The Morgan fingerprint density at radius 3 is 2.59 bits per heavy atom. The zero-order valence-electron chi connectivity index (χ0n) is 9.43. The van der Waals surface area contributed by atoms with E-state index in [9.17, 15) is 4.79 Å². The molecule has 0 aliphatic heterocycles. The monoisotopic (exact) mass is 233 g/mol. The van der Waals surface area contributed by atoms with Crippen LogP contribution >= 0.6 is 0 Å². The summed E-state index contributed by atoms with van der Waals surface area (Å²) in [5.74, 6) is -0.236. The van der Waals surface area contributed by atoms with Gasteiger partial charge in [-0.05, 0) is 18.2 Å². The third kappa shape index (κ3) is 1.87. The quantitative estimate of drug-likeness (QED) is 0.877. The molecule has 0 saturated carbocycles. The molecule has 5 nitrogen and oxygen atoms in total. The Morgan fingerprint density at radius 2 is 2.00 bits per heavy atom. The zero-order chi connectivity index (χ0) is 12.4. The van der Waals surface area contributed by atoms with Crippen LogP contribution in [0.2, 0.25) is 0 Å². The number of pyridine rings is 1.